The van der Waals surface area contributed by atoms with Crippen LogP contribution in [0.4, 0.5) is 0 Å². The second-order valence-electron chi connectivity index (χ2n) is 3.77. The summed E-state index contributed by atoms with van der Waals surface area (Å²) >= 11 is 0. The van der Waals surface area contributed by atoms with Crippen LogP contribution in [0.2, 0.25) is 0 Å². The summed E-state index contributed by atoms with van der Waals surface area (Å²) in [7, 11) is 0. The summed E-state index contributed by atoms with van der Waals surface area (Å²) in [5, 5.41) is 3.30. The van der Waals surface area contributed by atoms with Crippen molar-refractivity contribution < 1.29 is 0 Å². The molecule has 1 N–H and O–H groups in total. The Morgan fingerprint density at radius 2 is 2.23 bits per heavy atom. The van der Waals surface area contributed by atoms with Crippen LogP contribution in [0.15, 0.2) is 6.20 Å². The van der Waals surface area contributed by atoms with E-state index >= 15 is 0 Å². The van der Waals surface area contributed by atoms with Crippen molar-refractivity contribution in [2.75, 3.05) is 6.54 Å². The van der Waals surface area contributed by atoms with Crippen LogP contribution in [0.1, 0.15) is 36.8 Å². The highest BCUT2D eigenvalue weighted by atomic mass is 14.9. The zero-order valence-electron chi connectivity index (χ0n) is 8.17. The van der Waals surface area contributed by atoms with Gasteiger partial charge in [0.15, 0.2) is 0 Å². The molecule has 1 aliphatic rings. The Balaban J connectivity index is 2.35. The van der Waals surface area contributed by atoms with Gasteiger partial charge >= 0.3 is 0 Å². The molecule has 2 heterocycles. The average Bonchev–Trinajstić information content (AvgIpc) is 2.17. The number of rotatable bonds is 1. The van der Waals surface area contributed by atoms with Gasteiger partial charge in [-0.05, 0) is 5.92 Å². The number of nitrogens with one attached hydrogen (secondary N) is 1. The van der Waals surface area contributed by atoms with Crippen molar-refractivity contribution in [2.45, 2.75) is 32.7 Å². The molecule has 0 fully saturated rings. The molecule has 0 aliphatic carbocycles. The van der Waals surface area contributed by atoms with E-state index in [1.807, 2.05) is 6.20 Å². The summed E-state index contributed by atoms with van der Waals surface area (Å²) in [6.07, 6.45) is 2.93. The van der Waals surface area contributed by atoms with Crippen molar-refractivity contribution in [2.24, 2.45) is 0 Å². The monoisotopic (exact) mass is 177 g/mol. The van der Waals surface area contributed by atoms with Crippen molar-refractivity contribution in [3.63, 3.8) is 0 Å². The fraction of sp³-hybridized carbons (Fsp3) is 0.600. The number of nitrogens with zero attached hydrogens (tertiary/aromatic N) is 2. The Morgan fingerprint density at radius 3 is 3.00 bits per heavy atom. The summed E-state index contributed by atoms with van der Waals surface area (Å²) in [5.74, 6) is 0.472. The van der Waals surface area contributed by atoms with E-state index in [1.165, 1.54) is 5.69 Å². The van der Waals surface area contributed by atoms with Gasteiger partial charge in [-0.15, -0.1) is 0 Å². The lowest BCUT2D eigenvalue weighted by Gasteiger charge is -2.16. The fourth-order valence-electron chi connectivity index (χ4n) is 1.51. The molecule has 0 spiro atoms. The highest BCUT2D eigenvalue weighted by molar-refractivity contribution is 5.18. The van der Waals surface area contributed by atoms with E-state index in [9.17, 15) is 0 Å². The first-order valence-electron chi connectivity index (χ1n) is 4.83. The molecule has 2 rings (SSSR count). The maximum Gasteiger partial charge on any atom is 0.0760 e. The molecule has 1 aromatic rings. The Bertz CT molecular complexity index is 307. The molecule has 0 bridgehead atoms. The first kappa shape index (κ1) is 8.63. The predicted octanol–water partition coefficient (Wildman–Crippen LogP) is 1.25. The van der Waals surface area contributed by atoms with Gasteiger partial charge in [0.05, 0.1) is 17.1 Å². The van der Waals surface area contributed by atoms with Crippen molar-refractivity contribution >= 4 is 0 Å². The molecule has 0 saturated heterocycles. The molecule has 0 unspecified atom stereocenters. The van der Waals surface area contributed by atoms with Gasteiger partial charge in [-0.3, -0.25) is 9.97 Å². The molecule has 70 valence electrons. The van der Waals surface area contributed by atoms with Crippen molar-refractivity contribution in [1.82, 2.24) is 15.3 Å². The van der Waals surface area contributed by atoms with E-state index < -0.39 is 0 Å². The van der Waals surface area contributed by atoms with Crippen LogP contribution in [-0.2, 0) is 13.0 Å². The summed E-state index contributed by atoms with van der Waals surface area (Å²) < 4.78 is 0. The fourth-order valence-corrected chi connectivity index (χ4v) is 1.51. The van der Waals surface area contributed by atoms with Gasteiger partial charge in [0.2, 0.25) is 0 Å². The van der Waals surface area contributed by atoms with Gasteiger partial charge in [0, 0.05) is 25.7 Å². The number of hydrogen-bond acceptors (Lipinski definition) is 3. The van der Waals surface area contributed by atoms with E-state index in [0.29, 0.717) is 5.92 Å². The number of fused-ring (bicyclic) bond motifs is 1. The van der Waals surface area contributed by atoms with Crippen LogP contribution in [0.5, 0.6) is 0 Å². The Kier molecular flexibility index (Phi) is 2.27. The summed E-state index contributed by atoms with van der Waals surface area (Å²) in [6, 6.07) is 0. The van der Waals surface area contributed by atoms with Crippen molar-refractivity contribution in [3.05, 3.63) is 23.3 Å². The van der Waals surface area contributed by atoms with Gasteiger partial charge < -0.3 is 5.32 Å². The van der Waals surface area contributed by atoms with Gasteiger partial charge in [0.1, 0.15) is 0 Å². The standard InChI is InChI=1S/C10H15N3/c1-7(2)9-6-12-8-3-4-11-5-10(8)13-9/h6-7,11H,3-5H2,1-2H3. The molecule has 0 atom stereocenters. The predicted molar refractivity (Wildman–Crippen MR) is 51.5 cm³/mol. The van der Waals surface area contributed by atoms with E-state index in [0.717, 1.165) is 30.9 Å². The normalized spacial score (nSPS) is 15.9. The SMILES string of the molecule is CC(C)c1cnc2c(n1)CNCC2. The Labute approximate surface area is 78.6 Å². The maximum absolute atomic E-state index is 4.59. The first-order chi connectivity index (χ1) is 6.27. The average molecular weight is 177 g/mol. The summed E-state index contributed by atoms with van der Waals surface area (Å²) in [4.78, 5) is 9.03. The third-order valence-electron chi connectivity index (χ3n) is 2.37. The number of aromatic nitrogens is 2. The minimum absolute atomic E-state index is 0.472. The second-order valence-corrected chi connectivity index (χ2v) is 3.77. The third-order valence-corrected chi connectivity index (χ3v) is 2.37. The molecule has 1 aliphatic heterocycles. The third kappa shape index (κ3) is 1.70. The topological polar surface area (TPSA) is 37.8 Å². The van der Waals surface area contributed by atoms with Gasteiger partial charge in [-0.25, -0.2) is 0 Å². The minimum atomic E-state index is 0.472. The van der Waals surface area contributed by atoms with E-state index in [2.05, 4.69) is 29.1 Å². The quantitative estimate of drug-likeness (QED) is 0.701. The molecular weight excluding hydrogens is 162 g/mol. The van der Waals surface area contributed by atoms with Crippen LogP contribution in [-0.4, -0.2) is 16.5 Å². The van der Waals surface area contributed by atoms with Crippen molar-refractivity contribution in [1.29, 1.82) is 0 Å². The van der Waals surface area contributed by atoms with E-state index in [1.54, 1.807) is 0 Å². The van der Waals surface area contributed by atoms with Crippen LogP contribution in [0.3, 0.4) is 0 Å². The molecular formula is C10H15N3. The second kappa shape index (κ2) is 3.42. The zero-order chi connectivity index (χ0) is 9.26. The first-order valence-corrected chi connectivity index (χ1v) is 4.83. The molecule has 0 radical (unpaired) electrons. The lowest BCUT2D eigenvalue weighted by atomic mass is 10.1. The Hall–Kier alpha value is -0.960. The largest absolute Gasteiger partial charge is 0.311 e. The maximum atomic E-state index is 4.59. The number of hydrogen-bond donors (Lipinski definition) is 1. The molecule has 3 heteroatoms. The highest BCUT2D eigenvalue weighted by Gasteiger charge is 2.12. The molecule has 13 heavy (non-hydrogen) atoms. The lowest BCUT2D eigenvalue weighted by molar-refractivity contribution is 0.604. The van der Waals surface area contributed by atoms with E-state index in [-0.39, 0.29) is 0 Å². The minimum Gasteiger partial charge on any atom is -0.311 e. The van der Waals surface area contributed by atoms with Crippen LogP contribution in [0.25, 0.3) is 0 Å². The van der Waals surface area contributed by atoms with Crippen LogP contribution in [0, 0.1) is 0 Å². The summed E-state index contributed by atoms with van der Waals surface area (Å²) in [5.41, 5.74) is 3.41. The smallest absolute Gasteiger partial charge is 0.0760 e. The molecule has 0 amide bonds. The van der Waals surface area contributed by atoms with E-state index in [4.69, 9.17) is 0 Å². The molecule has 0 aromatic carbocycles. The van der Waals surface area contributed by atoms with Gasteiger partial charge in [-0.1, -0.05) is 13.8 Å². The highest BCUT2D eigenvalue weighted by Crippen LogP contribution is 2.14. The Morgan fingerprint density at radius 1 is 1.38 bits per heavy atom. The van der Waals surface area contributed by atoms with Crippen LogP contribution < -0.4 is 5.32 Å². The van der Waals surface area contributed by atoms with Gasteiger partial charge in [-0.2, -0.15) is 0 Å². The van der Waals surface area contributed by atoms with Crippen LogP contribution >= 0.6 is 0 Å². The lowest BCUT2D eigenvalue weighted by Crippen LogP contribution is -2.26. The zero-order valence-corrected chi connectivity index (χ0v) is 8.17. The van der Waals surface area contributed by atoms with Gasteiger partial charge in [0.25, 0.3) is 0 Å². The van der Waals surface area contributed by atoms with Crippen molar-refractivity contribution in [3.8, 4) is 0 Å². The molecule has 1 aromatic heterocycles. The summed E-state index contributed by atoms with van der Waals surface area (Å²) in [6.45, 7) is 6.20. The molecule has 0 saturated carbocycles. The molecule has 3 nitrogen and oxygen atoms in total.